The molecule has 0 spiro atoms. The van der Waals surface area contributed by atoms with Crippen LogP contribution in [0.2, 0.25) is 0 Å². The number of carbonyl (C=O) groups excluding carboxylic acids is 2. The summed E-state index contributed by atoms with van der Waals surface area (Å²) in [7, 11) is 0. The third-order valence-electron chi connectivity index (χ3n) is 9.52. The van der Waals surface area contributed by atoms with Gasteiger partial charge < -0.3 is 38.9 Å². The third-order valence-corrected chi connectivity index (χ3v) is 9.52. The number of nitrogens with zero attached hydrogens (tertiary/aromatic N) is 1. The number of rotatable bonds is 21. The number of unbranched alkanes of at least 4 members (excludes halogenated alkanes) is 1. The lowest BCUT2D eigenvalue weighted by Crippen LogP contribution is -2.52. The van der Waals surface area contributed by atoms with Crippen molar-refractivity contribution >= 4 is 23.3 Å². The van der Waals surface area contributed by atoms with E-state index in [1.165, 1.54) is 11.1 Å². The maximum Gasteiger partial charge on any atom is 0.237 e. The van der Waals surface area contributed by atoms with Crippen molar-refractivity contribution < 1.29 is 9.59 Å². The highest BCUT2D eigenvalue weighted by Crippen LogP contribution is 2.33. The number of nitrogens with two attached hydrogens (primary N) is 4. The fraction of sp³-hybridized carbons (Fsp3) is 0.405. The Labute approximate surface area is 309 Å². The Morgan fingerprint density at radius 3 is 2.15 bits per heavy atom. The minimum absolute atomic E-state index is 0.0309. The van der Waals surface area contributed by atoms with E-state index in [1.54, 1.807) is 0 Å². The largest absolute Gasteiger partial charge is 0.370 e. The van der Waals surface area contributed by atoms with E-state index in [0.29, 0.717) is 64.2 Å². The molecule has 4 unspecified atom stereocenters. The summed E-state index contributed by atoms with van der Waals surface area (Å²) in [4.78, 5) is 31.0. The minimum atomic E-state index is -0.703. The van der Waals surface area contributed by atoms with Gasteiger partial charge in [0.1, 0.15) is 0 Å². The van der Waals surface area contributed by atoms with Crippen LogP contribution in [-0.4, -0.2) is 62.1 Å². The number of guanidine groups is 1. The number of carbonyl (C=O) groups is 2. The minimum Gasteiger partial charge on any atom is -0.370 e. The molecule has 4 rings (SSSR count). The van der Waals surface area contributed by atoms with Gasteiger partial charge in [0.25, 0.3) is 0 Å². The van der Waals surface area contributed by atoms with Crippen LogP contribution in [0.15, 0.2) is 108 Å². The Balaban J connectivity index is 1.39. The van der Waals surface area contributed by atoms with Gasteiger partial charge in [-0.25, -0.2) is 0 Å². The van der Waals surface area contributed by atoms with Crippen LogP contribution in [0.3, 0.4) is 0 Å². The molecule has 0 aromatic heterocycles. The van der Waals surface area contributed by atoms with E-state index in [4.69, 9.17) is 22.9 Å². The molecule has 0 fully saturated rings. The summed E-state index contributed by atoms with van der Waals surface area (Å²) >= 11 is 0. The molecule has 0 radical (unpaired) electrons. The van der Waals surface area contributed by atoms with Gasteiger partial charge in [-0.05, 0) is 91.7 Å². The predicted octanol–water partition coefficient (Wildman–Crippen LogP) is 4.41. The number of hydrogen-bond donors (Lipinski definition) is 7. The highest BCUT2D eigenvalue weighted by molar-refractivity contribution is 5.83. The highest BCUT2D eigenvalue weighted by atomic mass is 16.2. The Bertz CT molecular complexity index is 1620. The zero-order chi connectivity index (χ0) is 37.1. The summed E-state index contributed by atoms with van der Waals surface area (Å²) in [5, 5.41) is 9.71. The Kier molecular flexibility index (Phi) is 16.6. The Morgan fingerprint density at radius 1 is 0.827 bits per heavy atom. The van der Waals surface area contributed by atoms with E-state index in [9.17, 15) is 9.59 Å². The molecule has 0 saturated carbocycles. The van der Waals surface area contributed by atoms with Crippen molar-refractivity contribution in [2.75, 3.05) is 26.2 Å². The van der Waals surface area contributed by atoms with Crippen LogP contribution >= 0.6 is 0 Å². The van der Waals surface area contributed by atoms with Crippen LogP contribution in [0.25, 0.3) is 16.7 Å². The number of allylic oxidation sites excluding steroid dienone is 3. The Hall–Kier alpha value is -4.77. The average molecular weight is 707 g/mol. The first-order chi connectivity index (χ1) is 25.2. The molecular weight excluding hydrogens is 649 g/mol. The maximum atomic E-state index is 13.5. The van der Waals surface area contributed by atoms with E-state index in [1.807, 2.05) is 36.4 Å². The monoisotopic (exact) mass is 706 g/mol. The van der Waals surface area contributed by atoms with Gasteiger partial charge in [-0.1, -0.05) is 110 Å². The molecule has 0 heterocycles. The molecule has 10 heteroatoms. The standard InChI is InChI=1S/C42H58N8O2/c1-30-27-32(18-22-37(30)35-13-6-3-7-14-35)28-38(44)40(51)50-36(15-10-26-48-42(45)46)29-49-39(41(52)47-25-9-8-24-43)23-19-31-16-20-34(21-17-31)33-11-4-2-5-12-33/h2-7,11-14,16-18,20-22,30,36,38-39,49H,8-10,15,19,23-29,43-44H2,1H3,(H,47,52)(H,50,51)(H4,45,46,48). The zero-order valence-corrected chi connectivity index (χ0v) is 30.6. The van der Waals surface area contributed by atoms with Crippen LogP contribution in [-0.2, 0) is 16.0 Å². The van der Waals surface area contributed by atoms with Crippen LogP contribution in [0.4, 0.5) is 0 Å². The van der Waals surface area contributed by atoms with Gasteiger partial charge in [0.15, 0.2) is 5.96 Å². The van der Waals surface area contributed by atoms with Crippen LogP contribution in [0.1, 0.15) is 63.0 Å². The van der Waals surface area contributed by atoms with Gasteiger partial charge in [-0.15, -0.1) is 0 Å². The Morgan fingerprint density at radius 2 is 1.50 bits per heavy atom. The van der Waals surface area contributed by atoms with E-state index in [0.717, 1.165) is 41.5 Å². The molecule has 0 bridgehead atoms. The summed E-state index contributed by atoms with van der Waals surface area (Å²) in [5.74, 6) is 0.0662. The summed E-state index contributed by atoms with van der Waals surface area (Å²) in [6.45, 7) is 4.18. The summed E-state index contributed by atoms with van der Waals surface area (Å²) in [6, 6.07) is 27.7. The average Bonchev–Trinajstić information content (AvgIpc) is 3.15. The van der Waals surface area contributed by atoms with Gasteiger partial charge in [0, 0.05) is 25.7 Å². The molecule has 0 saturated heterocycles. The first-order valence-electron chi connectivity index (χ1n) is 18.7. The summed E-state index contributed by atoms with van der Waals surface area (Å²) in [5.41, 5.74) is 30.4. The predicted molar refractivity (Wildman–Crippen MR) is 214 cm³/mol. The number of aliphatic imine (C=N–C) groups is 1. The van der Waals surface area contributed by atoms with Crippen molar-refractivity contribution in [1.82, 2.24) is 16.0 Å². The molecule has 11 N–H and O–H groups in total. The number of amides is 2. The van der Waals surface area contributed by atoms with E-state index in [2.05, 4.69) is 88.5 Å². The fourth-order valence-electron chi connectivity index (χ4n) is 6.58. The molecule has 0 aliphatic heterocycles. The second-order valence-electron chi connectivity index (χ2n) is 13.7. The third kappa shape index (κ3) is 13.4. The summed E-state index contributed by atoms with van der Waals surface area (Å²) < 4.78 is 0. The second kappa shape index (κ2) is 21.6. The second-order valence-corrected chi connectivity index (χ2v) is 13.7. The van der Waals surface area contributed by atoms with Crippen LogP contribution < -0.4 is 38.9 Å². The SMILES string of the molecule is CC1CC(CC(N)C(=O)NC(CCCN=C(N)N)CNC(CCc2ccc(-c3ccccc3)cc2)C(=O)NCCCCN)=CC=C1c1ccccc1. The normalized spacial score (nSPS) is 15.8. The zero-order valence-electron chi connectivity index (χ0n) is 30.6. The van der Waals surface area contributed by atoms with Gasteiger partial charge in [0.05, 0.1) is 12.1 Å². The number of aryl methyl sites for hydroxylation is 1. The molecule has 1 aliphatic carbocycles. The van der Waals surface area contributed by atoms with Gasteiger partial charge in [0.2, 0.25) is 11.8 Å². The number of nitrogens with one attached hydrogen (secondary N) is 3. The quantitative estimate of drug-likeness (QED) is 0.0486. The lowest BCUT2D eigenvalue weighted by molar-refractivity contribution is -0.123. The first-order valence-corrected chi connectivity index (χ1v) is 18.7. The van der Waals surface area contributed by atoms with E-state index in [-0.39, 0.29) is 23.8 Å². The molecule has 1 aliphatic rings. The smallest absolute Gasteiger partial charge is 0.237 e. The lowest BCUT2D eigenvalue weighted by atomic mass is 9.83. The highest BCUT2D eigenvalue weighted by Gasteiger charge is 2.24. The fourth-order valence-corrected chi connectivity index (χ4v) is 6.58. The van der Waals surface area contributed by atoms with Gasteiger partial charge in [-0.3, -0.25) is 14.6 Å². The van der Waals surface area contributed by atoms with Crippen molar-refractivity contribution in [2.24, 2.45) is 33.8 Å². The molecular formula is C42H58N8O2. The topological polar surface area (TPSA) is 187 Å². The van der Waals surface area contributed by atoms with Crippen LogP contribution in [0, 0.1) is 5.92 Å². The first kappa shape index (κ1) is 40.0. The van der Waals surface area contributed by atoms with Crippen molar-refractivity contribution in [3.8, 4) is 11.1 Å². The lowest BCUT2D eigenvalue weighted by Gasteiger charge is -2.26. The van der Waals surface area contributed by atoms with Crippen molar-refractivity contribution in [3.05, 3.63) is 114 Å². The van der Waals surface area contributed by atoms with E-state index < -0.39 is 12.1 Å². The number of hydrogen-bond acceptors (Lipinski definition) is 6. The molecule has 4 atom stereocenters. The van der Waals surface area contributed by atoms with E-state index >= 15 is 0 Å². The van der Waals surface area contributed by atoms with Crippen molar-refractivity contribution in [2.45, 2.75) is 76.4 Å². The van der Waals surface area contributed by atoms with Crippen LogP contribution in [0.5, 0.6) is 0 Å². The van der Waals surface area contributed by atoms with Crippen molar-refractivity contribution in [3.63, 3.8) is 0 Å². The number of benzene rings is 3. The molecule has 278 valence electrons. The van der Waals surface area contributed by atoms with Gasteiger partial charge in [-0.2, -0.15) is 0 Å². The molecule has 3 aromatic rings. The van der Waals surface area contributed by atoms with Crippen molar-refractivity contribution in [1.29, 1.82) is 0 Å². The molecule has 10 nitrogen and oxygen atoms in total. The summed E-state index contributed by atoms with van der Waals surface area (Å²) in [6.07, 6.45) is 9.80. The molecule has 2 amide bonds. The molecule has 3 aromatic carbocycles. The van der Waals surface area contributed by atoms with Gasteiger partial charge >= 0.3 is 0 Å². The molecule has 52 heavy (non-hydrogen) atoms. The maximum absolute atomic E-state index is 13.5.